The van der Waals surface area contributed by atoms with E-state index >= 15 is 0 Å². The Morgan fingerprint density at radius 1 is 0.261 bits per heavy atom. The zero-order valence-corrected chi connectivity index (χ0v) is 25.4. The minimum absolute atomic E-state index is 1.00. The van der Waals surface area contributed by atoms with Crippen molar-refractivity contribution < 1.29 is 0 Å². The first-order valence-corrected chi connectivity index (χ1v) is 16.7. The second-order valence-corrected chi connectivity index (χ2v) is 13.9. The Kier molecular flexibility index (Phi) is 4.26. The van der Waals surface area contributed by atoms with Gasteiger partial charge in [0.2, 0.25) is 0 Å². The van der Waals surface area contributed by atoms with E-state index in [0.717, 1.165) is 25.7 Å². The van der Waals surface area contributed by atoms with Gasteiger partial charge in [0.15, 0.2) is 0 Å². The van der Waals surface area contributed by atoms with E-state index in [1.165, 1.54) is 106 Å². The Labute approximate surface area is 268 Å². The molecule has 5 aliphatic carbocycles. The number of hydrogen-bond donors (Lipinski definition) is 0. The van der Waals surface area contributed by atoms with Gasteiger partial charge in [0, 0.05) is 0 Å². The quantitative estimate of drug-likeness (QED) is 0.195. The highest BCUT2D eigenvalue weighted by Gasteiger charge is 2.42. The van der Waals surface area contributed by atoms with Crippen molar-refractivity contribution in [3.8, 4) is 77.9 Å². The smallest absolute Gasteiger partial charge is 0.000682 e. The maximum atomic E-state index is 2.56. The molecule has 0 N–H and O–H groups in total. The Bertz CT molecular complexity index is 2530. The molecule has 0 aliphatic heterocycles. The lowest BCUT2D eigenvalue weighted by Gasteiger charge is -2.24. The predicted octanol–water partition coefficient (Wildman–Crippen LogP) is 11.3. The van der Waals surface area contributed by atoms with Crippen LogP contribution in [0.5, 0.6) is 0 Å². The van der Waals surface area contributed by atoms with Crippen LogP contribution in [0.1, 0.15) is 44.5 Å². The summed E-state index contributed by atoms with van der Waals surface area (Å²) in [5.74, 6) is 0. The van der Waals surface area contributed by atoms with Crippen LogP contribution in [0.25, 0.3) is 77.9 Å². The SMILES string of the molecule is c1ccc(-c2ccc(-c3cc4c5c6c3Cc3ccc7c(c3-6)-c3c(cc(-c6ccccc6)c6c3-c3c(ccc(c3-5)C4)C6)C7)cc2)cc1. The van der Waals surface area contributed by atoms with E-state index in [2.05, 4.69) is 121 Å². The molecule has 12 rings (SSSR count). The van der Waals surface area contributed by atoms with Gasteiger partial charge < -0.3 is 0 Å². The van der Waals surface area contributed by atoms with E-state index in [-0.39, 0.29) is 0 Å². The third-order valence-corrected chi connectivity index (χ3v) is 11.7. The molecule has 0 bridgehead atoms. The monoisotopic (exact) mass is 580 g/mol. The van der Waals surface area contributed by atoms with Gasteiger partial charge in [0.1, 0.15) is 0 Å². The van der Waals surface area contributed by atoms with Crippen molar-refractivity contribution in [2.45, 2.75) is 25.7 Å². The lowest BCUT2D eigenvalue weighted by atomic mass is 9.79. The third-order valence-electron chi connectivity index (χ3n) is 11.7. The van der Waals surface area contributed by atoms with Gasteiger partial charge in [0.05, 0.1) is 0 Å². The van der Waals surface area contributed by atoms with Crippen molar-refractivity contribution in [3.63, 3.8) is 0 Å². The third kappa shape index (κ3) is 2.83. The predicted molar refractivity (Wildman–Crippen MR) is 189 cm³/mol. The molecule has 0 amide bonds. The summed E-state index contributed by atoms with van der Waals surface area (Å²) in [7, 11) is 0. The summed E-state index contributed by atoms with van der Waals surface area (Å²) in [6, 6.07) is 46.1. The van der Waals surface area contributed by atoms with Gasteiger partial charge in [-0.3, -0.25) is 0 Å². The molecule has 0 heteroatoms. The molecule has 0 radical (unpaired) electrons. The van der Waals surface area contributed by atoms with Crippen LogP contribution in [0.4, 0.5) is 0 Å². The summed E-state index contributed by atoms with van der Waals surface area (Å²) in [6.07, 6.45) is 4.06. The topological polar surface area (TPSA) is 0 Å². The molecule has 0 unspecified atom stereocenters. The highest BCUT2D eigenvalue weighted by Crippen LogP contribution is 2.64. The van der Waals surface area contributed by atoms with Crippen LogP contribution < -0.4 is 0 Å². The lowest BCUT2D eigenvalue weighted by Crippen LogP contribution is -1.98. The second kappa shape index (κ2) is 8.22. The highest BCUT2D eigenvalue weighted by molar-refractivity contribution is 6.15. The van der Waals surface area contributed by atoms with Crippen LogP contribution in [0.2, 0.25) is 0 Å². The van der Waals surface area contributed by atoms with Gasteiger partial charge in [0.25, 0.3) is 0 Å². The summed E-state index contributed by atoms with van der Waals surface area (Å²) in [4.78, 5) is 0. The minimum atomic E-state index is 1.00. The first kappa shape index (κ1) is 23.9. The largest absolute Gasteiger partial charge is 0.0622 e. The standard InChI is InChI=1S/C46H28/c1-3-7-25(8-4-1)26-11-13-28(14-12-26)36-24-34-20-30-15-17-31-21-37-35(27-9-5-2-6-10-27)23-33-19-29-16-18-32-22-38(36)46-42(32)40(29)43(33)45(37)41(31)39(30)44(34)46/h1-18,23-24H,19-22H2. The molecule has 5 aliphatic rings. The van der Waals surface area contributed by atoms with Crippen LogP contribution in [-0.4, -0.2) is 0 Å². The average molecular weight is 581 g/mol. The molecule has 0 saturated heterocycles. The molecule has 7 aromatic carbocycles. The molecule has 0 saturated carbocycles. The van der Waals surface area contributed by atoms with E-state index in [1.54, 1.807) is 16.7 Å². The van der Waals surface area contributed by atoms with Crippen LogP contribution in [0.3, 0.4) is 0 Å². The Morgan fingerprint density at radius 3 is 1.11 bits per heavy atom. The molecule has 46 heavy (non-hydrogen) atoms. The molecule has 212 valence electrons. The summed E-state index contributed by atoms with van der Waals surface area (Å²) < 4.78 is 0. The fourth-order valence-corrected chi connectivity index (χ4v) is 9.83. The highest BCUT2D eigenvalue weighted by atomic mass is 14.5. The van der Waals surface area contributed by atoms with Crippen LogP contribution >= 0.6 is 0 Å². The first-order chi connectivity index (χ1) is 22.8. The lowest BCUT2D eigenvalue weighted by molar-refractivity contribution is 1.21. The summed E-state index contributed by atoms with van der Waals surface area (Å²) >= 11 is 0. The number of rotatable bonds is 3. The Balaban J connectivity index is 1.17. The van der Waals surface area contributed by atoms with Crippen molar-refractivity contribution in [3.05, 3.63) is 166 Å². The van der Waals surface area contributed by atoms with Gasteiger partial charge in [-0.2, -0.15) is 0 Å². The summed E-state index contributed by atoms with van der Waals surface area (Å²) in [5.41, 5.74) is 32.5. The van der Waals surface area contributed by atoms with E-state index in [1.807, 2.05) is 0 Å². The molecule has 0 heterocycles. The van der Waals surface area contributed by atoms with E-state index < -0.39 is 0 Å². The number of hydrogen-bond acceptors (Lipinski definition) is 0. The molecule has 0 nitrogen and oxygen atoms in total. The second-order valence-electron chi connectivity index (χ2n) is 13.9. The molecular weight excluding hydrogens is 553 g/mol. The van der Waals surface area contributed by atoms with Gasteiger partial charge in [-0.25, -0.2) is 0 Å². The molecule has 0 fully saturated rings. The fourth-order valence-electron chi connectivity index (χ4n) is 9.83. The first-order valence-electron chi connectivity index (χ1n) is 16.7. The van der Waals surface area contributed by atoms with Crippen molar-refractivity contribution in [1.29, 1.82) is 0 Å². The number of benzene rings is 7. The zero-order valence-electron chi connectivity index (χ0n) is 25.4. The molecular formula is C46H28. The molecule has 0 atom stereocenters. The van der Waals surface area contributed by atoms with Crippen molar-refractivity contribution in [2.75, 3.05) is 0 Å². The van der Waals surface area contributed by atoms with E-state index in [0.29, 0.717) is 0 Å². The molecule has 0 spiro atoms. The minimum Gasteiger partial charge on any atom is -0.0622 e. The van der Waals surface area contributed by atoms with Crippen LogP contribution in [0, 0.1) is 0 Å². The van der Waals surface area contributed by atoms with Gasteiger partial charge in [-0.1, -0.05) is 109 Å². The van der Waals surface area contributed by atoms with Gasteiger partial charge in [-0.15, -0.1) is 0 Å². The summed E-state index contributed by atoms with van der Waals surface area (Å²) in [5, 5.41) is 0. The van der Waals surface area contributed by atoms with Crippen molar-refractivity contribution in [2.24, 2.45) is 0 Å². The van der Waals surface area contributed by atoms with Crippen LogP contribution in [0.15, 0.2) is 121 Å². The Hall–Kier alpha value is -5.46. The fraction of sp³-hybridized carbons (Fsp3) is 0.0870. The zero-order chi connectivity index (χ0) is 29.7. The van der Waals surface area contributed by atoms with Crippen LogP contribution in [-0.2, 0) is 25.7 Å². The van der Waals surface area contributed by atoms with E-state index in [9.17, 15) is 0 Å². The molecule has 0 aromatic heterocycles. The van der Waals surface area contributed by atoms with Crippen molar-refractivity contribution >= 4 is 0 Å². The molecule has 7 aromatic rings. The Morgan fingerprint density at radius 2 is 0.609 bits per heavy atom. The average Bonchev–Trinajstić information content (AvgIpc) is 3.86. The van der Waals surface area contributed by atoms with Gasteiger partial charge >= 0.3 is 0 Å². The normalized spacial score (nSPS) is 14.2. The van der Waals surface area contributed by atoms with E-state index in [4.69, 9.17) is 0 Å². The van der Waals surface area contributed by atoms with Gasteiger partial charge in [-0.05, 0) is 160 Å². The van der Waals surface area contributed by atoms with Crippen molar-refractivity contribution in [1.82, 2.24) is 0 Å². The summed E-state index contributed by atoms with van der Waals surface area (Å²) in [6.45, 7) is 0. The maximum absolute atomic E-state index is 2.56. The maximum Gasteiger partial charge on any atom is -0.000682 e.